The molecule has 0 radical (unpaired) electrons. The topological polar surface area (TPSA) is 83.9 Å². The zero-order valence-electron chi connectivity index (χ0n) is 18.6. The summed E-state index contributed by atoms with van der Waals surface area (Å²) in [5.41, 5.74) is 2.43. The fourth-order valence-electron chi connectivity index (χ4n) is 4.05. The van der Waals surface area contributed by atoms with Crippen molar-refractivity contribution in [3.8, 4) is 0 Å². The Balaban J connectivity index is 1.93. The van der Waals surface area contributed by atoms with Crippen molar-refractivity contribution < 1.29 is 24.2 Å². The van der Waals surface area contributed by atoms with Crippen molar-refractivity contribution >= 4 is 40.7 Å². The molecule has 1 amide bonds. The lowest BCUT2D eigenvalue weighted by molar-refractivity contribution is -0.132. The van der Waals surface area contributed by atoms with Gasteiger partial charge in [0.25, 0.3) is 11.7 Å². The average Bonchev–Trinajstić information content (AvgIpc) is 3.10. The van der Waals surface area contributed by atoms with Gasteiger partial charge in [-0.25, -0.2) is 4.79 Å². The van der Waals surface area contributed by atoms with E-state index in [4.69, 9.17) is 16.3 Å². The van der Waals surface area contributed by atoms with Crippen LogP contribution in [-0.2, 0) is 14.3 Å². The summed E-state index contributed by atoms with van der Waals surface area (Å²) in [6.45, 7) is 3.78. The van der Waals surface area contributed by atoms with Crippen LogP contribution in [0.4, 0.5) is 5.69 Å². The van der Waals surface area contributed by atoms with Crippen LogP contribution in [0, 0.1) is 6.92 Å². The van der Waals surface area contributed by atoms with Crippen LogP contribution >= 0.6 is 11.6 Å². The van der Waals surface area contributed by atoms with E-state index < -0.39 is 23.7 Å². The highest BCUT2D eigenvalue weighted by Crippen LogP contribution is 2.43. The zero-order valence-corrected chi connectivity index (χ0v) is 19.4. The van der Waals surface area contributed by atoms with Gasteiger partial charge in [-0.15, -0.1) is 0 Å². The number of hydrogen-bond donors (Lipinski definition) is 1. The van der Waals surface area contributed by atoms with Crippen LogP contribution in [-0.4, -0.2) is 29.4 Å². The molecule has 0 bridgehead atoms. The van der Waals surface area contributed by atoms with Crippen LogP contribution in [0.5, 0.6) is 0 Å². The largest absolute Gasteiger partial charge is 0.507 e. The number of benzene rings is 3. The summed E-state index contributed by atoms with van der Waals surface area (Å²) in [5, 5.41) is 11.6. The number of amides is 1. The lowest BCUT2D eigenvalue weighted by Crippen LogP contribution is -2.30. The number of aliphatic hydroxyl groups excluding tert-OH is 1. The summed E-state index contributed by atoms with van der Waals surface area (Å²) in [4.78, 5) is 40.2. The van der Waals surface area contributed by atoms with Gasteiger partial charge in [0.1, 0.15) is 5.76 Å². The standard InChI is InChI=1S/C27H22ClNO5/c1-3-34-27(33)18-8-6-9-20(15-18)29-23(21-10-5-4-7-16(21)2)22(25(31)26(29)32)24(30)17-11-13-19(28)14-12-17/h4-15,23,30H,3H2,1-2H3/b24-22+. The van der Waals surface area contributed by atoms with Crippen molar-refractivity contribution in [2.45, 2.75) is 19.9 Å². The number of hydrogen-bond acceptors (Lipinski definition) is 5. The second kappa shape index (κ2) is 9.53. The van der Waals surface area contributed by atoms with Gasteiger partial charge in [0.2, 0.25) is 0 Å². The Kier molecular flexibility index (Phi) is 6.52. The molecular formula is C27H22ClNO5. The third-order valence-corrected chi connectivity index (χ3v) is 5.93. The first kappa shape index (κ1) is 23.3. The molecule has 4 rings (SSSR count). The van der Waals surface area contributed by atoms with Gasteiger partial charge >= 0.3 is 5.97 Å². The number of aliphatic hydroxyl groups is 1. The number of ether oxygens (including phenoxy) is 1. The first-order valence-electron chi connectivity index (χ1n) is 10.7. The van der Waals surface area contributed by atoms with Crippen LogP contribution < -0.4 is 4.90 Å². The number of ketones is 1. The average molecular weight is 476 g/mol. The molecule has 172 valence electrons. The van der Waals surface area contributed by atoms with Gasteiger partial charge < -0.3 is 9.84 Å². The van der Waals surface area contributed by atoms with E-state index in [1.807, 2.05) is 25.1 Å². The number of carbonyl (C=O) groups excluding carboxylic acids is 3. The number of rotatable bonds is 5. The van der Waals surface area contributed by atoms with Crippen LogP contribution in [0.1, 0.15) is 40.0 Å². The molecule has 1 aliphatic rings. The van der Waals surface area contributed by atoms with E-state index in [-0.39, 0.29) is 23.5 Å². The van der Waals surface area contributed by atoms with Crippen molar-refractivity contribution in [1.82, 2.24) is 0 Å². The van der Waals surface area contributed by atoms with Crippen LogP contribution in [0.2, 0.25) is 5.02 Å². The zero-order chi connectivity index (χ0) is 24.4. The molecule has 1 unspecified atom stereocenters. The van der Waals surface area contributed by atoms with E-state index in [0.29, 0.717) is 21.8 Å². The predicted octanol–water partition coefficient (Wildman–Crippen LogP) is 5.45. The van der Waals surface area contributed by atoms with Gasteiger partial charge in [-0.1, -0.05) is 41.9 Å². The third kappa shape index (κ3) is 4.20. The van der Waals surface area contributed by atoms with Crippen molar-refractivity contribution in [2.24, 2.45) is 0 Å². The number of carbonyl (C=O) groups is 3. The summed E-state index contributed by atoms with van der Waals surface area (Å²) in [6, 6.07) is 19.1. The molecule has 0 aliphatic carbocycles. The van der Waals surface area contributed by atoms with Crippen molar-refractivity contribution in [1.29, 1.82) is 0 Å². The monoisotopic (exact) mass is 475 g/mol. The Bertz CT molecular complexity index is 1310. The molecule has 1 fully saturated rings. The maximum absolute atomic E-state index is 13.3. The van der Waals surface area contributed by atoms with E-state index in [1.165, 1.54) is 11.0 Å². The Hall–Kier alpha value is -3.90. The van der Waals surface area contributed by atoms with Gasteiger partial charge in [-0.3, -0.25) is 14.5 Å². The van der Waals surface area contributed by atoms with Gasteiger partial charge in [0.05, 0.1) is 23.8 Å². The molecule has 0 spiro atoms. The third-order valence-electron chi connectivity index (χ3n) is 5.68. The molecular weight excluding hydrogens is 454 g/mol. The Morgan fingerprint density at radius 3 is 2.38 bits per heavy atom. The molecule has 1 saturated heterocycles. The van der Waals surface area contributed by atoms with Crippen LogP contribution in [0.15, 0.2) is 78.4 Å². The minimum absolute atomic E-state index is 0.0387. The number of nitrogens with zero attached hydrogens (tertiary/aromatic N) is 1. The molecule has 0 saturated carbocycles. The number of halogens is 1. The van der Waals surface area contributed by atoms with Gasteiger partial charge in [0.15, 0.2) is 0 Å². The summed E-state index contributed by atoms with van der Waals surface area (Å²) in [5.74, 6) is -2.45. The molecule has 7 heteroatoms. The summed E-state index contributed by atoms with van der Waals surface area (Å²) < 4.78 is 5.08. The van der Waals surface area contributed by atoms with E-state index in [9.17, 15) is 19.5 Å². The predicted molar refractivity (Wildman–Crippen MR) is 130 cm³/mol. The second-order valence-corrected chi connectivity index (χ2v) is 8.24. The number of Topliss-reactive ketones (excluding diaryl/α,β-unsaturated/α-hetero) is 1. The van der Waals surface area contributed by atoms with E-state index in [1.54, 1.807) is 55.5 Å². The SMILES string of the molecule is CCOC(=O)c1cccc(N2C(=O)C(=O)/C(=C(/O)c3ccc(Cl)cc3)C2c2ccccc2C)c1. The Morgan fingerprint density at radius 2 is 1.71 bits per heavy atom. The molecule has 0 aromatic heterocycles. The first-order valence-corrected chi connectivity index (χ1v) is 11.1. The molecule has 1 aliphatic heterocycles. The highest BCUT2D eigenvalue weighted by atomic mass is 35.5. The maximum Gasteiger partial charge on any atom is 0.338 e. The van der Waals surface area contributed by atoms with Crippen molar-refractivity contribution in [3.63, 3.8) is 0 Å². The number of esters is 1. The van der Waals surface area contributed by atoms with E-state index >= 15 is 0 Å². The van der Waals surface area contributed by atoms with Gasteiger partial charge in [0, 0.05) is 16.3 Å². The molecule has 1 heterocycles. The summed E-state index contributed by atoms with van der Waals surface area (Å²) >= 11 is 5.97. The molecule has 3 aromatic carbocycles. The van der Waals surface area contributed by atoms with E-state index in [2.05, 4.69) is 0 Å². The Morgan fingerprint density at radius 1 is 1.00 bits per heavy atom. The number of anilines is 1. The lowest BCUT2D eigenvalue weighted by Gasteiger charge is -2.27. The second-order valence-electron chi connectivity index (χ2n) is 7.80. The molecule has 34 heavy (non-hydrogen) atoms. The van der Waals surface area contributed by atoms with Gasteiger partial charge in [-0.2, -0.15) is 0 Å². The van der Waals surface area contributed by atoms with Crippen molar-refractivity contribution in [3.05, 3.63) is 106 Å². The fraction of sp³-hybridized carbons (Fsp3) is 0.148. The maximum atomic E-state index is 13.3. The van der Waals surface area contributed by atoms with Crippen LogP contribution in [0.25, 0.3) is 5.76 Å². The summed E-state index contributed by atoms with van der Waals surface area (Å²) in [7, 11) is 0. The van der Waals surface area contributed by atoms with Gasteiger partial charge in [-0.05, 0) is 67.4 Å². The van der Waals surface area contributed by atoms with Crippen LogP contribution in [0.3, 0.4) is 0 Å². The smallest absolute Gasteiger partial charge is 0.338 e. The number of aryl methyl sites for hydroxylation is 1. The minimum atomic E-state index is -0.894. The molecule has 1 atom stereocenters. The fourth-order valence-corrected chi connectivity index (χ4v) is 4.17. The van der Waals surface area contributed by atoms with Crippen molar-refractivity contribution in [2.75, 3.05) is 11.5 Å². The normalized spacial score (nSPS) is 17.1. The first-order chi connectivity index (χ1) is 16.3. The lowest BCUT2D eigenvalue weighted by atomic mass is 9.92. The molecule has 3 aromatic rings. The molecule has 1 N–H and O–H groups in total. The van der Waals surface area contributed by atoms with E-state index in [0.717, 1.165) is 5.56 Å². The highest BCUT2D eigenvalue weighted by molar-refractivity contribution is 6.51. The minimum Gasteiger partial charge on any atom is -0.507 e. The molecule has 6 nitrogen and oxygen atoms in total. The summed E-state index contributed by atoms with van der Waals surface area (Å²) in [6.07, 6.45) is 0. The quantitative estimate of drug-likeness (QED) is 0.229. The highest BCUT2D eigenvalue weighted by Gasteiger charge is 2.47. The Labute approximate surface area is 202 Å².